The standard InChI is InChI=1S/C21H24F2O/c1-2-24-20-13-11-18(12-14-20)16-5-3-15(4-6-16)17-7-9-19(10-8-17)21(22)23/h3-6,11-14,17,19,21H,2,7-10H2,1H3. The van der Waals surface area contributed by atoms with Crippen molar-refractivity contribution in [2.45, 2.75) is 45.0 Å². The molecule has 1 saturated carbocycles. The minimum absolute atomic E-state index is 0.399. The summed E-state index contributed by atoms with van der Waals surface area (Å²) in [6.07, 6.45) is 0.869. The lowest BCUT2D eigenvalue weighted by Crippen LogP contribution is -2.19. The van der Waals surface area contributed by atoms with Crippen LogP contribution in [-0.4, -0.2) is 13.0 Å². The van der Waals surface area contributed by atoms with Crippen LogP contribution in [0, 0.1) is 5.92 Å². The highest BCUT2D eigenvalue weighted by Gasteiger charge is 2.27. The first-order chi connectivity index (χ1) is 11.7. The normalized spacial score (nSPS) is 21.0. The van der Waals surface area contributed by atoms with E-state index in [1.54, 1.807) is 0 Å². The van der Waals surface area contributed by atoms with E-state index in [9.17, 15) is 8.78 Å². The number of halogens is 2. The molecule has 3 heteroatoms. The molecule has 0 saturated heterocycles. The molecule has 0 N–H and O–H groups in total. The number of alkyl halides is 2. The van der Waals surface area contributed by atoms with E-state index in [1.807, 2.05) is 19.1 Å². The summed E-state index contributed by atoms with van der Waals surface area (Å²) in [5, 5.41) is 0. The second-order valence-electron chi connectivity index (χ2n) is 6.53. The maximum absolute atomic E-state index is 12.8. The Balaban J connectivity index is 1.65. The number of benzene rings is 2. The fraction of sp³-hybridized carbons (Fsp3) is 0.429. The second-order valence-corrected chi connectivity index (χ2v) is 6.53. The van der Waals surface area contributed by atoms with Gasteiger partial charge in [-0.05, 0) is 67.3 Å². The van der Waals surface area contributed by atoms with Crippen molar-refractivity contribution in [1.29, 1.82) is 0 Å². The van der Waals surface area contributed by atoms with Crippen LogP contribution in [0.3, 0.4) is 0 Å². The maximum Gasteiger partial charge on any atom is 0.241 e. The summed E-state index contributed by atoms with van der Waals surface area (Å²) in [4.78, 5) is 0. The van der Waals surface area contributed by atoms with Gasteiger partial charge in [0.05, 0.1) is 6.61 Å². The molecule has 0 amide bonds. The van der Waals surface area contributed by atoms with Gasteiger partial charge in [0.1, 0.15) is 5.75 Å². The largest absolute Gasteiger partial charge is 0.494 e. The Hall–Kier alpha value is -1.90. The molecule has 3 rings (SSSR count). The molecule has 2 aromatic rings. The van der Waals surface area contributed by atoms with Crippen LogP contribution in [0.4, 0.5) is 8.78 Å². The third kappa shape index (κ3) is 3.95. The number of rotatable bonds is 5. The molecule has 0 atom stereocenters. The van der Waals surface area contributed by atoms with Gasteiger partial charge < -0.3 is 4.74 Å². The Kier molecular flexibility index (Phi) is 5.49. The van der Waals surface area contributed by atoms with E-state index in [-0.39, 0.29) is 0 Å². The van der Waals surface area contributed by atoms with Gasteiger partial charge in [0.15, 0.2) is 0 Å². The van der Waals surface area contributed by atoms with Gasteiger partial charge in [-0.15, -0.1) is 0 Å². The van der Waals surface area contributed by atoms with E-state index in [0.29, 0.717) is 25.4 Å². The second kappa shape index (κ2) is 7.78. The quantitative estimate of drug-likeness (QED) is 0.626. The van der Waals surface area contributed by atoms with Gasteiger partial charge in [0, 0.05) is 5.92 Å². The molecule has 24 heavy (non-hydrogen) atoms. The molecule has 0 unspecified atom stereocenters. The molecule has 0 spiro atoms. The molecule has 1 fully saturated rings. The summed E-state index contributed by atoms with van der Waals surface area (Å²) in [6.45, 7) is 2.64. The molecule has 1 aliphatic carbocycles. The fourth-order valence-corrected chi connectivity index (χ4v) is 3.56. The Morgan fingerprint density at radius 2 is 1.42 bits per heavy atom. The van der Waals surface area contributed by atoms with Gasteiger partial charge >= 0.3 is 0 Å². The highest BCUT2D eigenvalue weighted by molar-refractivity contribution is 5.64. The van der Waals surface area contributed by atoms with Crippen LogP contribution < -0.4 is 4.74 Å². The lowest BCUT2D eigenvalue weighted by Gasteiger charge is -2.28. The summed E-state index contributed by atoms with van der Waals surface area (Å²) < 4.78 is 31.0. The van der Waals surface area contributed by atoms with Crippen molar-refractivity contribution in [1.82, 2.24) is 0 Å². The molecule has 1 nitrogen and oxygen atoms in total. The lowest BCUT2D eigenvalue weighted by atomic mass is 9.78. The Bertz CT molecular complexity index is 626. The third-order valence-corrected chi connectivity index (χ3v) is 5.01. The Morgan fingerprint density at radius 3 is 1.92 bits per heavy atom. The molecule has 0 heterocycles. The third-order valence-electron chi connectivity index (χ3n) is 5.01. The highest BCUT2D eigenvalue weighted by Crippen LogP contribution is 2.38. The zero-order valence-corrected chi connectivity index (χ0v) is 14.1. The summed E-state index contributed by atoms with van der Waals surface area (Å²) in [6, 6.07) is 16.7. The maximum atomic E-state index is 12.8. The van der Waals surface area contributed by atoms with E-state index in [0.717, 1.165) is 24.2 Å². The summed E-state index contributed by atoms with van der Waals surface area (Å²) in [7, 11) is 0. The smallest absolute Gasteiger partial charge is 0.241 e. The lowest BCUT2D eigenvalue weighted by molar-refractivity contribution is 0.0528. The van der Waals surface area contributed by atoms with Crippen LogP contribution in [0.1, 0.15) is 44.1 Å². The van der Waals surface area contributed by atoms with Crippen LogP contribution in [0.5, 0.6) is 5.75 Å². The SMILES string of the molecule is CCOc1ccc(-c2ccc(C3CCC(C(F)F)CC3)cc2)cc1. The van der Waals surface area contributed by atoms with Gasteiger partial charge in [-0.1, -0.05) is 36.4 Å². The minimum atomic E-state index is -2.16. The molecule has 0 aromatic heterocycles. The molecular formula is C21H24F2O. The van der Waals surface area contributed by atoms with Crippen molar-refractivity contribution >= 4 is 0 Å². The van der Waals surface area contributed by atoms with Crippen LogP contribution >= 0.6 is 0 Å². The van der Waals surface area contributed by atoms with Gasteiger partial charge in [0.25, 0.3) is 0 Å². The van der Waals surface area contributed by atoms with Gasteiger partial charge in [-0.25, -0.2) is 8.78 Å². The average molecular weight is 330 g/mol. The molecule has 0 bridgehead atoms. The molecule has 1 aliphatic rings. The van der Waals surface area contributed by atoms with Gasteiger partial charge in [-0.3, -0.25) is 0 Å². The molecule has 0 radical (unpaired) electrons. The van der Waals surface area contributed by atoms with E-state index >= 15 is 0 Å². The van der Waals surface area contributed by atoms with Crippen molar-refractivity contribution < 1.29 is 13.5 Å². The van der Waals surface area contributed by atoms with E-state index in [1.165, 1.54) is 11.1 Å². The fourth-order valence-electron chi connectivity index (χ4n) is 3.56. The zero-order valence-electron chi connectivity index (χ0n) is 14.1. The molecule has 128 valence electrons. The number of hydrogen-bond donors (Lipinski definition) is 0. The highest BCUT2D eigenvalue weighted by atomic mass is 19.3. The van der Waals surface area contributed by atoms with Crippen LogP contribution in [0.15, 0.2) is 48.5 Å². The molecule has 0 aliphatic heterocycles. The molecular weight excluding hydrogens is 306 g/mol. The zero-order chi connectivity index (χ0) is 16.9. The van der Waals surface area contributed by atoms with Crippen LogP contribution in [0.25, 0.3) is 11.1 Å². The van der Waals surface area contributed by atoms with Crippen molar-refractivity contribution in [2.75, 3.05) is 6.61 Å². The van der Waals surface area contributed by atoms with Crippen molar-refractivity contribution in [3.63, 3.8) is 0 Å². The molecule has 2 aromatic carbocycles. The minimum Gasteiger partial charge on any atom is -0.494 e. The van der Waals surface area contributed by atoms with Gasteiger partial charge in [-0.2, -0.15) is 0 Å². The summed E-state index contributed by atoms with van der Waals surface area (Å²) >= 11 is 0. The van der Waals surface area contributed by atoms with E-state index < -0.39 is 12.3 Å². The van der Waals surface area contributed by atoms with Crippen molar-refractivity contribution in [3.05, 3.63) is 54.1 Å². The van der Waals surface area contributed by atoms with Crippen LogP contribution in [0.2, 0.25) is 0 Å². The topological polar surface area (TPSA) is 9.23 Å². The van der Waals surface area contributed by atoms with Crippen molar-refractivity contribution in [3.8, 4) is 16.9 Å². The number of hydrogen-bond acceptors (Lipinski definition) is 1. The summed E-state index contributed by atoms with van der Waals surface area (Å²) in [5.41, 5.74) is 3.60. The van der Waals surface area contributed by atoms with Gasteiger partial charge in [0.2, 0.25) is 6.43 Å². The number of ether oxygens (including phenoxy) is 1. The first-order valence-electron chi connectivity index (χ1n) is 8.78. The van der Waals surface area contributed by atoms with E-state index in [2.05, 4.69) is 36.4 Å². The predicted molar refractivity (Wildman–Crippen MR) is 93.8 cm³/mol. The Labute approximate surface area is 142 Å². The monoisotopic (exact) mass is 330 g/mol. The van der Waals surface area contributed by atoms with E-state index in [4.69, 9.17) is 4.74 Å². The first kappa shape index (κ1) is 16.9. The average Bonchev–Trinajstić information content (AvgIpc) is 2.63. The predicted octanol–water partition coefficient (Wildman–Crippen LogP) is 6.29. The Morgan fingerprint density at radius 1 is 0.875 bits per heavy atom. The van der Waals surface area contributed by atoms with Crippen LogP contribution in [-0.2, 0) is 0 Å². The first-order valence-corrected chi connectivity index (χ1v) is 8.78. The van der Waals surface area contributed by atoms with Crippen molar-refractivity contribution in [2.24, 2.45) is 5.92 Å². The summed E-state index contributed by atoms with van der Waals surface area (Å²) in [5.74, 6) is 0.910.